The van der Waals surface area contributed by atoms with Crippen LogP contribution in [0.1, 0.15) is 17.0 Å². The molecular weight excluding hydrogens is 266 g/mol. The van der Waals surface area contributed by atoms with E-state index in [1.165, 1.54) is 0 Å². The lowest BCUT2D eigenvalue weighted by Gasteiger charge is -2.15. The van der Waals surface area contributed by atoms with Crippen molar-refractivity contribution in [3.8, 4) is 0 Å². The van der Waals surface area contributed by atoms with Crippen molar-refractivity contribution in [2.75, 3.05) is 7.05 Å². The highest BCUT2D eigenvalue weighted by Crippen LogP contribution is 2.09. The number of aryl methyl sites for hydroxylation is 1. The number of nitrogens with zero attached hydrogens (tertiary/aromatic N) is 3. The van der Waals surface area contributed by atoms with E-state index in [-0.39, 0.29) is 5.56 Å². The molecule has 5 heteroatoms. The van der Waals surface area contributed by atoms with Crippen LogP contribution in [0.3, 0.4) is 0 Å². The Labute approximate surface area is 122 Å². The monoisotopic (exact) mass is 283 g/mol. The molecule has 3 rings (SSSR count). The van der Waals surface area contributed by atoms with Crippen LogP contribution in [0.5, 0.6) is 0 Å². The first kappa shape index (κ1) is 13.6. The van der Waals surface area contributed by atoms with E-state index in [0.717, 1.165) is 17.0 Å². The second kappa shape index (κ2) is 5.54. The number of furan rings is 1. The molecule has 0 aromatic carbocycles. The molecule has 0 atom stereocenters. The molecule has 0 unspecified atom stereocenters. The Kier molecular flexibility index (Phi) is 3.58. The molecule has 108 valence electrons. The zero-order valence-corrected chi connectivity index (χ0v) is 12.1. The summed E-state index contributed by atoms with van der Waals surface area (Å²) in [5.74, 6) is 0.895. The van der Waals surface area contributed by atoms with Crippen molar-refractivity contribution < 1.29 is 4.42 Å². The molecule has 21 heavy (non-hydrogen) atoms. The summed E-state index contributed by atoms with van der Waals surface area (Å²) < 4.78 is 6.90. The summed E-state index contributed by atoms with van der Waals surface area (Å²) in [7, 11) is 1.98. The fourth-order valence-corrected chi connectivity index (χ4v) is 2.39. The molecule has 0 aliphatic rings. The smallest absolute Gasteiger partial charge is 0.258 e. The van der Waals surface area contributed by atoms with Crippen LogP contribution < -0.4 is 5.56 Å². The van der Waals surface area contributed by atoms with Gasteiger partial charge in [-0.05, 0) is 37.7 Å². The molecule has 3 heterocycles. The van der Waals surface area contributed by atoms with Gasteiger partial charge in [0.15, 0.2) is 0 Å². The molecule has 0 amide bonds. The fraction of sp³-hybridized carbons (Fsp3) is 0.250. The molecule has 0 saturated carbocycles. The van der Waals surface area contributed by atoms with E-state index < -0.39 is 0 Å². The highest BCUT2D eigenvalue weighted by Gasteiger charge is 2.08. The zero-order chi connectivity index (χ0) is 14.8. The van der Waals surface area contributed by atoms with Crippen LogP contribution in [0.15, 0.2) is 52.0 Å². The van der Waals surface area contributed by atoms with Crippen molar-refractivity contribution >= 4 is 5.65 Å². The Morgan fingerprint density at radius 1 is 1.29 bits per heavy atom. The second-order valence-electron chi connectivity index (χ2n) is 5.22. The summed E-state index contributed by atoms with van der Waals surface area (Å²) in [4.78, 5) is 18.8. The van der Waals surface area contributed by atoms with Gasteiger partial charge in [0.25, 0.3) is 5.56 Å². The number of fused-ring (bicyclic) bond motifs is 1. The van der Waals surface area contributed by atoms with Crippen LogP contribution in [0.2, 0.25) is 0 Å². The Bertz CT molecular complexity index is 806. The van der Waals surface area contributed by atoms with Crippen LogP contribution in [0.4, 0.5) is 0 Å². The first-order valence-corrected chi connectivity index (χ1v) is 6.82. The first-order chi connectivity index (χ1) is 10.1. The lowest BCUT2D eigenvalue weighted by atomic mass is 10.2. The average molecular weight is 283 g/mol. The van der Waals surface area contributed by atoms with Crippen molar-refractivity contribution in [1.82, 2.24) is 14.3 Å². The SMILES string of the molecule is Cc1cccn2c(=O)cc(CN(C)Cc3ccco3)nc12. The lowest BCUT2D eigenvalue weighted by Crippen LogP contribution is -2.22. The van der Waals surface area contributed by atoms with Crippen LogP contribution >= 0.6 is 0 Å². The minimum atomic E-state index is -0.0508. The third-order valence-electron chi connectivity index (χ3n) is 3.38. The second-order valence-corrected chi connectivity index (χ2v) is 5.22. The number of hydrogen-bond donors (Lipinski definition) is 0. The molecule has 3 aromatic heterocycles. The fourth-order valence-electron chi connectivity index (χ4n) is 2.39. The molecule has 0 bridgehead atoms. The van der Waals surface area contributed by atoms with Gasteiger partial charge in [0.1, 0.15) is 11.4 Å². The average Bonchev–Trinajstić information content (AvgIpc) is 2.93. The highest BCUT2D eigenvalue weighted by atomic mass is 16.3. The van der Waals surface area contributed by atoms with E-state index in [0.29, 0.717) is 18.7 Å². The van der Waals surface area contributed by atoms with Gasteiger partial charge in [-0.1, -0.05) is 6.07 Å². The predicted octanol–water partition coefficient (Wildman–Crippen LogP) is 2.23. The normalized spacial score (nSPS) is 11.4. The van der Waals surface area contributed by atoms with Crippen LogP contribution in [-0.2, 0) is 13.1 Å². The molecule has 5 nitrogen and oxygen atoms in total. The van der Waals surface area contributed by atoms with E-state index in [1.807, 2.05) is 38.2 Å². The van der Waals surface area contributed by atoms with E-state index in [2.05, 4.69) is 9.88 Å². The summed E-state index contributed by atoms with van der Waals surface area (Å²) >= 11 is 0. The van der Waals surface area contributed by atoms with Gasteiger partial charge in [-0.3, -0.25) is 14.1 Å². The van der Waals surface area contributed by atoms with E-state index in [1.54, 1.807) is 22.9 Å². The van der Waals surface area contributed by atoms with Gasteiger partial charge >= 0.3 is 0 Å². The Balaban J connectivity index is 1.87. The Morgan fingerprint density at radius 2 is 2.14 bits per heavy atom. The highest BCUT2D eigenvalue weighted by molar-refractivity contribution is 5.46. The van der Waals surface area contributed by atoms with Crippen LogP contribution in [-0.4, -0.2) is 21.3 Å². The van der Waals surface area contributed by atoms with Crippen LogP contribution in [0.25, 0.3) is 5.65 Å². The molecule has 3 aromatic rings. The first-order valence-electron chi connectivity index (χ1n) is 6.82. The minimum absolute atomic E-state index is 0.0508. The van der Waals surface area contributed by atoms with Crippen LogP contribution in [0, 0.1) is 6.92 Å². The van der Waals surface area contributed by atoms with Crippen molar-refractivity contribution in [3.05, 3.63) is 70.2 Å². The Morgan fingerprint density at radius 3 is 2.90 bits per heavy atom. The maximum absolute atomic E-state index is 12.1. The van der Waals surface area contributed by atoms with Crippen molar-refractivity contribution in [1.29, 1.82) is 0 Å². The van der Waals surface area contributed by atoms with Crippen molar-refractivity contribution in [2.45, 2.75) is 20.0 Å². The summed E-state index contributed by atoms with van der Waals surface area (Å²) in [6, 6.07) is 9.20. The maximum Gasteiger partial charge on any atom is 0.258 e. The van der Waals surface area contributed by atoms with Gasteiger partial charge in [-0.25, -0.2) is 4.98 Å². The Hall–Kier alpha value is -2.40. The van der Waals surface area contributed by atoms with Gasteiger partial charge in [0, 0.05) is 18.8 Å². The zero-order valence-electron chi connectivity index (χ0n) is 12.1. The summed E-state index contributed by atoms with van der Waals surface area (Å²) in [6.07, 6.45) is 3.40. The molecule has 0 aliphatic heterocycles. The molecule has 0 fully saturated rings. The van der Waals surface area contributed by atoms with Gasteiger partial charge in [0.05, 0.1) is 18.5 Å². The lowest BCUT2D eigenvalue weighted by molar-refractivity contribution is 0.285. The van der Waals surface area contributed by atoms with E-state index >= 15 is 0 Å². The van der Waals surface area contributed by atoms with Crippen molar-refractivity contribution in [2.24, 2.45) is 0 Å². The molecule has 0 N–H and O–H groups in total. The number of rotatable bonds is 4. The number of pyridine rings is 1. The van der Waals surface area contributed by atoms with Gasteiger partial charge in [-0.15, -0.1) is 0 Å². The largest absolute Gasteiger partial charge is 0.468 e. The van der Waals surface area contributed by atoms with E-state index in [4.69, 9.17) is 4.42 Å². The summed E-state index contributed by atoms with van der Waals surface area (Å²) in [5.41, 5.74) is 2.42. The molecule has 0 spiro atoms. The quantitative estimate of drug-likeness (QED) is 0.737. The molecular formula is C16H17N3O2. The third-order valence-corrected chi connectivity index (χ3v) is 3.38. The summed E-state index contributed by atoms with van der Waals surface area (Å²) in [6.45, 7) is 3.24. The van der Waals surface area contributed by atoms with Crippen molar-refractivity contribution in [3.63, 3.8) is 0 Å². The van der Waals surface area contributed by atoms with E-state index in [9.17, 15) is 4.79 Å². The topological polar surface area (TPSA) is 50.8 Å². The van der Waals surface area contributed by atoms with Gasteiger partial charge in [0.2, 0.25) is 0 Å². The maximum atomic E-state index is 12.1. The molecule has 0 saturated heterocycles. The van der Waals surface area contributed by atoms with Gasteiger partial charge in [-0.2, -0.15) is 0 Å². The summed E-state index contributed by atoms with van der Waals surface area (Å²) in [5, 5.41) is 0. The molecule has 0 radical (unpaired) electrons. The third kappa shape index (κ3) is 2.87. The van der Waals surface area contributed by atoms with Gasteiger partial charge < -0.3 is 4.42 Å². The predicted molar refractivity (Wildman–Crippen MR) is 80.1 cm³/mol. The number of aromatic nitrogens is 2. The minimum Gasteiger partial charge on any atom is -0.468 e. The number of hydrogen-bond acceptors (Lipinski definition) is 4. The standard InChI is InChI=1S/C16H17N3O2/c1-12-5-3-7-19-15(20)9-13(17-16(12)19)10-18(2)11-14-6-4-8-21-14/h3-9H,10-11H2,1-2H3. The molecule has 0 aliphatic carbocycles.